The molecule has 2 aromatic carbocycles. The van der Waals surface area contributed by atoms with Gasteiger partial charge in [0.25, 0.3) is 5.91 Å². The number of rotatable bonds is 7. The SMILES string of the molecule is COc1cccc2sc(N(CCN(C)C)C(=O)c3cc(-c4cccs4)nc4ccccc34)nc12.Cl. The van der Waals surface area contributed by atoms with Crippen LogP contribution >= 0.6 is 35.1 Å². The van der Waals surface area contributed by atoms with Crippen molar-refractivity contribution in [1.82, 2.24) is 14.9 Å². The van der Waals surface area contributed by atoms with Gasteiger partial charge in [-0.15, -0.1) is 23.7 Å². The zero-order chi connectivity index (χ0) is 23.7. The Kier molecular flexibility index (Phi) is 7.66. The third kappa shape index (κ3) is 5.01. The molecule has 5 aromatic rings. The van der Waals surface area contributed by atoms with Crippen LogP contribution in [0.4, 0.5) is 5.13 Å². The average molecular weight is 525 g/mol. The Morgan fingerprint density at radius 3 is 2.57 bits per heavy atom. The molecule has 3 aromatic heterocycles. The summed E-state index contributed by atoms with van der Waals surface area (Å²) >= 11 is 3.11. The van der Waals surface area contributed by atoms with Gasteiger partial charge in [0.2, 0.25) is 0 Å². The lowest BCUT2D eigenvalue weighted by atomic mass is 10.1. The first-order valence-corrected chi connectivity index (χ1v) is 12.6. The van der Waals surface area contributed by atoms with Crippen LogP contribution in [-0.4, -0.2) is 55.1 Å². The maximum atomic E-state index is 14.1. The van der Waals surface area contributed by atoms with E-state index >= 15 is 0 Å². The Morgan fingerprint density at radius 1 is 1.00 bits per heavy atom. The summed E-state index contributed by atoms with van der Waals surface area (Å²) in [5.74, 6) is 0.616. The number of anilines is 1. The van der Waals surface area contributed by atoms with Gasteiger partial charge in [0.05, 0.1) is 33.5 Å². The van der Waals surface area contributed by atoms with Crippen molar-refractivity contribution in [1.29, 1.82) is 0 Å². The fourth-order valence-corrected chi connectivity index (χ4v) is 5.52. The number of thiazole rings is 1. The summed E-state index contributed by atoms with van der Waals surface area (Å²) in [5.41, 5.74) is 3.00. The zero-order valence-corrected chi connectivity index (χ0v) is 22.0. The molecule has 1 amide bonds. The summed E-state index contributed by atoms with van der Waals surface area (Å²) in [7, 11) is 5.64. The van der Waals surface area contributed by atoms with Gasteiger partial charge in [-0.25, -0.2) is 9.97 Å². The van der Waals surface area contributed by atoms with E-state index in [1.54, 1.807) is 23.3 Å². The second-order valence-electron chi connectivity index (χ2n) is 8.11. The number of amides is 1. The first kappa shape index (κ1) is 25.1. The van der Waals surface area contributed by atoms with Crippen LogP contribution in [0.2, 0.25) is 0 Å². The van der Waals surface area contributed by atoms with E-state index in [2.05, 4.69) is 4.90 Å². The van der Waals surface area contributed by atoms with E-state index in [9.17, 15) is 4.79 Å². The van der Waals surface area contributed by atoms with Gasteiger partial charge in [0.15, 0.2) is 5.13 Å². The van der Waals surface area contributed by atoms with Crippen LogP contribution in [0.1, 0.15) is 10.4 Å². The Hall–Kier alpha value is -3.04. The number of benzene rings is 2. The molecule has 0 N–H and O–H groups in total. The minimum Gasteiger partial charge on any atom is -0.494 e. The number of hydrogen-bond acceptors (Lipinski definition) is 7. The van der Waals surface area contributed by atoms with Crippen LogP contribution in [0.3, 0.4) is 0 Å². The molecule has 0 saturated heterocycles. The summed E-state index contributed by atoms with van der Waals surface area (Å²) < 4.78 is 6.49. The largest absolute Gasteiger partial charge is 0.494 e. The van der Waals surface area contributed by atoms with Crippen molar-refractivity contribution in [2.24, 2.45) is 0 Å². The van der Waals surface area contributed by atoms with Crippen LogP contribution in [0.5, 0.6) is 5.75 Å². The van der Waals surface area contributed by atoms with E-state index in [-0.39, 0.29) is 18.3 Å². The van der Waals surface area contributed by atoms with Gasteiger partial charge in [-0.2, -0.15) is 0 Å². The predicted octanol–water partition coefficient (Wildman–Crippen LogP) is 6.21. The maximum Gasteiger partial charge on any atom is 0.260 e. The molecule has 9 heteroatoms. The van der Waals surface area contributed by atoms with Crippen LogP contribution in [0.15, 0.2) is 66.0 Å². The topological polar surface area (TPSA) is 58.6 Å². The molecule has 0 aliphatic rings. The van der Waals surface area contributed by atoms with E-state index in [0.29, 0.717) is 29.5 Å². The smallest absolute Gasteiger partial charge is 0.260 e. The molecule has 0 atom stereocenters. The highest BCUT2D eigenvalue weighted by molar-refractivity contribution is 7.22. The normalized spacial score (nSPS) is 11.1. The molecule has 5 rings (SSSR count). The lowest BCUT2D eigenvalue weighted by Gasteiger charge is -2.23. The summed E-state index contributed by atoms with van der Waals surface area (Å²) in [6.45, 7) is 1.22. The summed E-state index contributed by atoms with van der Waals surface area (Å²) in [6.07, 6.45) is 0. The Bertz CT molecular complexity index is 1470. The van der Waals surface area contributed by atoms with E-state index in [0.717, 1.165) is 31.7 Å². The van der Waals surface area contributed by atoms with Crippen molar-refractivity contribution < 1.29 is 9.53 Å². The van der Waals surface area contributed by atoms with E-state index in [4.69, 9.17) is 14.7 Å². The lowest BCUT2D eigenvalue weighted by molar-refractivity contribution is 0.0986. The highest BCUT2D eigenvalue weighted by atomic mass is 35.5. The van der Waals surface area contributed by atoms with E-state index < -0.39 is 0 Å². The molecule has 0 aliphatic carbocycles. The van der Waals surface area contributed by atoms with Crippen molar-refractivity contribution >= 4 is 67.2 Å². The third-order valence-electron chi connectivity index (χ3n) is 5.56. The summed E-state index contributed by atoms with van der Waals surface area (Å²) in [4.78, 5) is 28.7. The van der Waals surface area contributed by atoms with Gasteiger partial charge in [0, 0.05) is 18.5 Å². The standard InChI is InChI=1S/C26H24N4O2S2.ClH/c1-29(2)13-14-30(26-28-24-21(32-3)10-6-11-23(24)34-26)25(31)18-16-20(22-12-7-15-33-22)27-19-9-5-4-8-17(18)19;/h4-12,15-16H,13-14H2,1-3H3;1H. The fourth-order valence-electron chi connectivity index (χ4n) is 3.82. The molecule has 0 spiro atoms. The molecule has 0 saturated carbocycles. The quantitative estimate of drug-likeness (QED) is 0.253. The van der Waals surface area contributed by atoms with E-state index in [1.165, 1.54) is 11.3 Å². The number of nitrogens with zero attached hydrogens (tertiary/aromatic N) is 4. The van der Waals surface area contributed by atoms with Crippen molar-refractivity contribution in [2.75, 3.05) is 39.2 Å². The van der Waals surface area contributed by atoms with Crippen LogP contribution in [-0.2, 0) is 0 Å². The Labute approximate surface area is 218 Å². The molecule has 3 heterocycles. The van der Waals surface area contributed by atoms with Crippen molar-refractivity contribution in [3.8, 4) is 16.3 Å². The summed E-state index contributed by atoms with van der Waals surface area (Å²) in [6, 6.07) is 19.6. The highest BCUT2D eigenvalue weighted by Gasteiger charge is 2.25. The number of methoxy groups -OCH3 is 1. The number of para-hydroxylation sites is 2. The van der Waals surface area contributed by atoms with Gasteiger partial charge in [-0.3, -0.25) is 9.69 Å². The Morgan fingerprint density at radius 2 is 1.83 bits per heavy atom. The number of thiophene rings is 1. The van der Waals surface area contributed by atoms with Crippen LogP contribution < -0.4 is 9.64 Å². The number of likely N-dealkylation sites (N-methyl/N-ethyl adjacent to an activating group) is 1. The number of aromatic nitrogens is 2. The number of hydrogen-bond donors (Lipinski definition) is 0. The number of ether oxygens (including phenoxy) is 1. The molecule has 0 radical (unpaired) electrons. The molecule has 0 aliphatic heterocycles. The second kappa shape index (κ2) is 10.7. The van der Waals surface area contributed by atoms with E-state index in [1.807, 2.05) is 80.1 Å². The number of pyridine rings is 1. The summed E-state index contributed by atoms with van der Waals surface area (Å²) in [5, 5.41) is 3.51. The van der Waals surface area contributed by atoms with Gasteiger partial charge < -0.3 is 9.64 Å². The number of carbonyl (C=O) groups is 1. The Balaban J connectivity index is 0.00000289. The predicted molar refractivity (Wildman–Crippen MR) is 149 cm³/mol. The minimum atomic E-state index is -0.0868. The highest BCUT2D eigenvalue weighted by Crippen LogP contribution is 2.35. The second-order valence-corrected chi connectivity index (χ2v) is 10.1. The molecular weight excluding hydrogens is 500 g/mol. The molecule has 6 nitrogen and oxygen atoms in total. The third-order valence-corrected chi connectivity index (χ3v) is 7.49. The zero-order valence-electron chi connectivity index (χ0n) is 19.6. The monoisotopic (exact) mass is 524 g/mol. The first-order valence-electron chi connectivity index (χ1n) is 10.9. The molecule has 180 valence electrons. The molecule has 0 bridgehead atoms. The molecule has 35 heavy (non-hydrogen) atoms. The van der Waals surface area contributed by atoms with Crippen molar-refractivity contribution in [2.45, 2.75) is 0 Å². The van der Waals surface area contributed by atoms with Crippen LogP contribution in [0, 0.1) is 0 Å². The minimum absolute atomic E-state index is 0. The van der Waals surface area contributed by atoms with Crippen LogP contribution in [0.25, 0.3) is 31.7 Å². The van der Waals surface area contributed by atoms with Crippen molar-refractivity contribution in [3.05, 3.63) is 71.6 Å². The number of fused-ring (bicyclic) bond motifs is 2. The van der Waals surface area contributed by atoms with Gasteiger partial charge in [0.1, 0.15) is 11.3 Å². The maximum absolute atomic E-state index is 14.1. The first-order chi connectivity index (χ1) is 16.5. The van der Waals surface area contributed by atoms with Gasteiger partial charge >= 0.3 is 0 Å². The average Bonchev–Trinajstić information content (AvgIpc) is 3.53. The van der Waals surface area contributed by atoms with Crippen molar-refractivity contribution in [3.63, 3.8) is 0 Å². The number of halogens is 1. The lowest BCUT2D eigenvalue weighted by Crippen LogP contribution is -2.37. The fraction of sp³-hybridized carbons (Fsp3) is 0.192. The van der Waals surface area contributed by atoms with Gasteiger partial charge in [-0.05, 0) is 49.8 Å². The number of carbonyl (C=O) groups excluding carboxylic acids is 1. The molecular formula is C26H25ClN4O2S2. The van der Waals surface area contributed by atoms with Gasteiger partial charge in [-0.1, -0.05) is 41.7 Å². The molecule has 0 unspecified atom stereocenters. The molecule has 0 fully saturated rings.